The first kappa shape index (κ1) is 15.5. The molecule has 1 aromatic carbocycles. The van der Waals surface area contributed by atoms with Gasteiger partial charge in [0.05, 0.1) is 4.90 Å². The van der Waals surface area contributed by atoms with Crippen LogP contribution in [0, 0.1) is 0 Å². The van der Waals surface area contributed by atoms with Crippen molar-refractivity contribution >= 4 is 26.9 Å². The molecule has 0 bridgehead atoms. The maximum Gasteiger partial charge on any atom is 0.252 e. The highest BCUT2D eigenvalue weighted by Gasteiger charge is 2.35. The van der Waals surface area contributed by atoms with E-state index in [9.17, 15) is 13.2 Å². The van der Waals surface area contributed by atoms with E-state index in [0.717, 1.165) is 19.3 Å². The molecule has 1 heterocycles. The Morgan fingerprint density at radius 1 is 1.25 bits per heavy atom. The minimum absolute atomic E-state index is 0.0286. The lowest BCUT2D eigenvalue weighted by Gasteiger charge is -2.37. The van der Waals surface area contributed by atoms with Gasteiger partial charge in [-0.25, -0.2) is 8.42 Å². The molecule has 1 aromatic rings. The summed E-state index contributed by atoms with van der Waals surface area (Å²) in [6.45, 7) is 3.84. The largest absolute Gasteiger partial charge is 0.276 e. The third-order valence-electron chi connectivity index (χ3n) is 3.75. The van der Waals surface area contributed by atoms with Gasteiger partial charge in [0.15, 0.2) is 0 Å². The first-order valence-electron chi connectivity index (χ1n) is 6.67. The van der Waals surface area contributed by atoms with Crippen molar-refractivity contribution in [2.75, 3.05) is 0 Å². The fourth-order valence-corrected chi connectivity index (χ4v) is 4.82. The third kappa shape index (κ3) is 2.90. The van der Waals surface area contributed by atoms with E-state index in [2.05, 4.69) is 0 Å². The van der Waals surface area contributed by atoms with Gasteiger partial charge in [-0.2, -0.15) is 4.31 Å². The minimum atomic E-state index is -3.59. The summed E-state index contributed by atoms with van der Waals surface area (Å²) in [7, 11) is -3.59. The Labute approximate surface area is 124 Å². The van der Waals surface area contributed by atoms with Crippen molar-refractivity contribution in [3.8, 4) is 0 Å². The van der Waals surface area contributed by atoms with Crippen LogP contribution in [0.5, 0.6) is 0 Å². The Hall–Kier alpha value is -0.910. The number of carbonyl (C=O) groups excluding carboxylic acids is 1. The summed E-state index contributed by atoms with van der Waals surface area (Å²) in [6, 6.07) is 5.85. The summed E-state index contributed by atoms with van der Waals surface area (Å²) >= 11 is 5.42. The molecule has 110 valence electrons. The molecule has 1 aliphatic heterocycles. The predicted molar refractivity (Wildman–Crippen MR) is 78.4 cm³/mol. The topological polar surface area (TPSA) is 54.5 Å². The molecule has 0 amide bonds. The summed E-state index contributed by atoms with van der Waals surface area (Å²) in [6.07, 6.45) is 2.75. The number of rotatable bonds is 3. The highest BCUT2D eigenvalue weighted by Crippen LogP contribution is 2.29. The van der Waals surface area contributed by atoms with E-state index < -0.39 is 15.3 Å². The molecule has 0 aliphatic carbocycles. The Bertz CT molecular complexity index is 605. The van der Waals surface area contributed by atoms with Crippen LogP contribution in [-0.2, 0) is 10.0 Å². The van der Waals surface area contributed by atoms with Gasteiger partial charge in [0, 0.05) is 17.6 Å². The van der Waals surface area contributed by atoms with Crippen molar-refractivity contribution in [2.24, 2.45) is 0 Å². The van der Waals surface area contributed by atoms with E-state index in [1.165, 1.54) is 18.2 Å². The molecular formula is C14H18ClNO3S. The zero-order valence-corrected chi connectivity index (χ0v) is 13.1. The summed E-state index contributed by atoms with van der Waals surface area (Å²) in [5, 5.41) is -0.651. The molecule has 2 unspecified atom stereocenters. The second kappa shape index (κ2) is 5.84. The second-order valence-electron chi connectivity index (χ2n) is 5.27. The van der Waals surface area contributed by atoms with Crippen molar-refractivity contribution in [1.82, 2.24) is 4.31 Å². The lowest BCUT2D eigenvalue weighted by molar-refractivity contribution is 0.108. The molecule has 2 atom stereocenters. The fourth-order valence-electron chi connectivity index (χ4n) is 2.77. The van der Waals surface area contributed by atoms with Crippen molar-refractivity contribution < 1.29 is 13.2 Å². The van der Waals surface area contributed by atoms with Crippen LogP contribution in [0.25, 0.3) is 0 Å². The number of nitrogens with zero attached hydrogens (tertiary/aromatic N) is 1. The van der Waals surface area contributed by atoms with Crippen LogP contribution in [0.2, 0.25) is 0 Å². The molecular weight excluding hydrogens is 298 g/mol. The van der Waals surface area contributed by atoms with E-state index in [0.29, 0.717) is 0 Å². The Morgan fingerprint density at radius 2 is 1.85 bits per heavy atom. The van der Waals surface area contributed by atoms with E-state index in [4.69, 9.17) is 11.6 Å². The number of halogens is 1. The van der Waals surface area contributed by atoms with Gasteiger partial charge in [-0.15, -0.1) is 0 Å². The first-order valence-corrected chi connectivity index (χ1v) is 8.49. The summed E-state index contributed by atoms with van der Waals surface area (Å²) in [5.74, 6) is 0. The van der Waals surface area contributed by atoms with Crippen molar-refractivity contribution in [2.45, 2.75) is 50.1 Å². The zero-order valence-electron chi connectivity index (χ0n) is 11.5. The van der Waals surface area contributed by atoms with Crippen LogP contribution in [0.3, 0.4) is 0 Å². The summed E-state index contributed by atoms with van der Waals surface area (Å²) in [5.41, 5.74) is 0.199. The van der Waals surface area contributed by atoms with E-state index in [-0.39, 0.29) is 22.5 Å². The van der Waals surface area contributed by atoms with E-state index >= 15 is 0 Å². The Balaban J connectivity index is 2.44. The van der Waals surface area contributed by atoms with Gasteiger partial charge in [-0.1, -0.05) is 18.6 Å². The van der Waals surface area contributed by atoms with Gasteiger partial charge in [0.2, 0.25) is 10.0 Å². The van der Waals surface area contributed by atoms with Gasteiger partial charge in [-0.3, -0.25) is 4.79 Å². The minimum Gasteiger partial charge on any atom is -0.276 e. The highest BCUT2D eigenvalue weighted by molar-refractivity contribution is 7.89. The highest BCUT2D eigenvalue weighted by atomic mass is 35.5. The molecule has 1 saturated heterocycles. The molecule has 0 saturated carbocycles. The van der Waals surface area contributed by atoms with Crippen LogP contribution in [0.1, 0.15) is 43.5 Å². The molecule has 0 spiro atoms. The Kier molecular flexibility index (Phi) is 4.52. The Morgan fingerprint density at radius 3 is 2.40 bits per heavy atom. The number of hydrogen-bond donors (Lipinski definition) is 0. The van der Waals surface area contributed by atoms with Crippen LogP contribution in [0.15, 0.2) is 29.2 Å². The average molecular weight is 316 g/mol. The lowest BCUT2D eigenvalue weighted by atomic mass is 10.0. The average Bonchev–Trinajstić information content (AvgIpc) is 2.38. The lowest BCUT2D eigenvalue weighted by Crippen LogP contribution is -2.47. The second-order valence-corrected chi connectivity index (χ2v) is 7.45. The molecule has 4 nitrogen and oxygen atoms in total. The SMILES string of the molecule is CC1CCCC(C)N1S(=O)(=O)c1cccc(C(=O)Cl)c1. The molecule has 2 rings (SSSR count). The van der Waals surface area contributed by atoms with Crippen LogP contribution in [-0.4, -0.2) is 30.0 Å². The molecule has 1 aliphatic rings. The molecule has 0 aromatic heterocycles. The van der Waals surface area contributed by atoms with Gasteiger partial charge < -0.3 is 0 Å². The quantitative estimate of drug-likeness (QED) is 0.806. The molecule has 0 radical (unpaired) electrons. The number of benzene rings is 1. The third-order valence-corrected chi connectivity index (χ3v) is 6.09. The summed E-state index contributed by atoms with van der Waals surface area (Å²) < 4.78 is 27.1. The maximum absolute atomic E-state index is 12.8. The standard InChI is InChI=1S/C14H18ClNO3S/c1-10-5-3-6-11(2)16(10)20(18,19)13-8-4-7-12(9-13)14(15)17/h4,7-11H,3,5-6H2,1-2H3. The van der Waals surface area contributed by atoms with Gasteiger partial charge in [-0.05, 0) is 50.4 Å². The van der Waals surface area contributed by atoms with E-state index in [1.54, 1.807) is 10.4 Å². The molecule has 0 N–H and O–H groups in total. The van der Waals surface area contributed by atoms with Crippen molar-refractivity contribution in [1.29, 1.82) is 0 Å². The molecule has 20 heavy (non-hydrogen) atoms. The number of carbonyl (C=O) groups is 1. The molecule has 6 heteroatoms. The zero-order chi connectivity index (χ0) is 14.9. The number of hydrogen-bond acceptors (Lipinski definition) is 3. The maximum atomic E-state index is 12.8. The first-order chi connectivity index (χ1) is 9.34. The van der Waals surface area contributed by atoms with Crippen molar-refractivity contribution in [3.63, 3.8) is 0 Å². The molecule has 1 fully saturated rings. The monoisotopic (exact) mass is 315 g/mol. The van der Waals surface area contributed by atoms with Crippen LogP contribution < -0.4 is 0 Å². The van der Waals surface area contributed by atoms with Gasteiger partial charge >= 0.3 is 0 Å². The smallest absolute Gasteiger partial charge is 0.252 e. The normalized spacial score (nSPS) is 24.6. The predicted octanol–water partition coefficient (Wildman–Crippen LogP) is 3.02. The number of piperidine rings is 1. The fraction of sp³-hybridized carbons (Fsp3) is 0.500. The van der Waals surface area contributed by atoms with Gasteiger partial charge in [0.1, 0.15) is 0 Å². The van der Waals surface area contributed by atoms with Crippen molar-refractivity contribution in [3.05, 3.63) is 29.8 Å². The van der Waals surface area contributed by atoms with Crippen LogP contribution >= 0.6 is 11.6 Å². The van der Waals surface area contributed by atoms with Crippen LogP contribution in [0.4, 0.5) is 0 Å². The number of sulfonamides is 1. The van der Waals surface area contributed by atoms with E-state index in [1.807, 2.05) is 13.8 Å². The van der Waals surface area contributed by atoms with Gasteiger partial charge in [0.25, 0.3) is 5.24 Å². The summed E-state index contributed by atoms with van der Waals surface area (Å²) in [4.78, 5) is 11.3.